The van der Waals surface area contributed by atoms with Crippen molar-refractivity contribution in [1.29, 1.82) is 0 Å². The summed E-state index contributed by atoms with van der Waals surface area (Å²) in [4.78, 5) is 44.0. The van der Waals surface area contributed by atoms with Gasteiger partial charge in [-0.05, 0) is 0 Å². The van der Waals surface area contributed by atoms with Crippen molar-refractivity contribution in [3.8, 4) is 0 Å². The number of rotatable bonds is 3. The first-order valence-corrected chi connectivity index (χ1v) is 7.27. The van der Waals surface area contributed by atoms with Gasteiger partial charge in [0.2, 0.25) is 0 Å². The van der Waals surface area contributed by atoms with Crippen molar-refractivity contribution in [2.45, 2.75) is 12.1 Å². The molecule has 1 aliphatic heterocycles. The number of aliphatic carboxylic acids is 1. The molecule has 3 N–H and O–H groups in total. The van der Waals surface area contributed by atoms with Gasteiger partial charge in [0.1, 0.15) is 11.5 Å². The van der Waals surface area contributed by atoms with Crippen molar-refractivity contribution in [3.05, 3.63) is 34.5 Å². The number of halogens is 3. The first-order valence-electron chi connectivity index (χ1n) is 7.27. The van der Waals surface area contributed by atoms with Crippen molar-refractivity contribution in [2.24, 2.45) is 0 Å². The predicted octanol–water partition coefficient (Wildman–Crippen LogP) is 0.0675. The minimum absolute atomic E-state index is 0.00468. The third-order valence-electron chi connectivity index (χ3n) is 3.38. The number of alkyl halides is 3. The molecule has 0 aliphatic carbocycles. The molecule has 14 heteroatoms. The van der Waals surface area contributed by atoms with E-state index in [1.807, 2.05) is 0 Å². The van der Waals surface area contributed by atoms with Crippen LogP contribution in [0.3, 0.4) is 0 Å². The number of aromatic nitrogens is 4. The Morgan fingerprint density at radius 1 is 1.33 bits per heavy atom. The minimum Gasteiger partial charge on any atom is -0.475 e. The van der Waals surface area contributed by atoms with Crippen LogP contribution in [0.2, 0.25) is 0 Å². The molecule has 0 radical (unpaired) electrons. The van der Waals surface area contributed by atoms with Gasteiger partial charge in [-0.1, -0.05) is 5.16 Å². The molecule has 0 aromatic carbocycles. The lowest BCUT2D eigenvalue weighted by atomic mass is 9.99. The Balaban J connectivity index is 0.000000321. The van der Waals surface area contributed by atoms with Gasteiger partial charge in [-0.3, -0.25) is 14.3 Å². The number of carbonyl (C=O) groups is 2. The summed E-state index contributed by atoms with van der Waals surface area (Å²) in [5.74, 6) is -2.47. The zero-order chi connectivity index (χ0) is 20.2. The maximum Gasteiger partial charge on any atom is 0.490 e. The number of likely N-dealkylation sites (tertiary alicyclic amines) is 1. The number of carboxylic acids is 1. The van der Waals surface area contributed by atoms with Gasteiger partial charge in [0.05, 0.1) is 18.3 Å². The Hall–Kier alpha value is -3.45. The molecule has 11 nitrogen and oxygen atoms in total. The number of H-pyrrole nitrogens is 1. The minimum atomic E-state index is -5.08. The highest BCUT2D eigenvalue weighted by molar-refractivity contribution is 5.92. The molecule has 0 saturated carbocycles. The SMILES string of the molecule is CNc1cnc(C(=O)N2CC(c3noc(=O)[nH]3)C2)cn1.O=C(O)C(F)(F)F. The van der Waals surface area contributed by atoms with E-state index in [2.05, 4.69) is 29.9 Å². The van der Waals surface area contributed by atoms with Crippen LogP contribution in [-0.2, 0) is 4.79 Å². The molecule has 2 aromatic rings. The Morgan fingerprint density at radius 3 is 2.37 bits per heavy atom. The van der Waals surface area contributed by atoms with Crippen LogP contribution in [0.5, 0.6) is 0 Å². The number of amides is 1. The summed E-state index contributed by atoms with van der Waals surface area (Å²) in [6.07, 6.45) is -2.15. The molecule has 1 saturated heterocycles. The number of hydrogen-bond donors (Lipinski definition) is 3. The number of nitrogens with one attached hydrogen (secondary N) is 2. The molecule has 0 unspecified atom stereocenters. The Morgan fingerprint density at radius 2 is 1.96 bits per heavy atom. The summed E-state index contributed by atoms with van der Waals surface area (Å²) >= 11 is 0. The zero-order valence-electron chi connectivity index (χ0n) is 13.6. The standard InChI is InChI=1S/C11H12N6O3.C2HF3O2/c1-12-8-3-13-7(2-14-8)10(18)17-4-6(5-17)9-15-11(19)20-16-9;3-2(4,5)1(6)7/h2-3,6H,4-5H2,1H3,(H,12,14)(H,15,16,19);(H,6,7). The lowest BCUT2D eigenvalue weighted by Gasteiger charge is -2.37. The highest BCUT2D eigenvalue weighted by atomic mass is 19.4. The molecule has 0 atom stereocenters. The van der Waals surface area contributed by atoms with Crippen LogP contribution in [0.1, 0.15) is 22.2 Å². The normalized spacial score (nSPS) is 14.0. The van der Waals surface area contributed by atoms with Gasteiger partial charge in [0.15, 0.2) is 5.82 Å². The summed E-state index contributed by atoms with van der Waals surface area (Å²) in [6.45, 7) is 0.938. The van der Waals surface area contributed by atoms with Crippen molar-refractivity contribution in [1.82, 2.24) is 25.0 Å². The number of carbonyl (C=O) groups excluding carboxylic acids is 1. The van der Waals surface area contributed by atoms with E-state index in [0.717, 1.165) is 0 Å². The third-order valence-corrected chi connectivity index (χ3v) is 3.38. The number of aromatic amines is 1. The number of carboxylic acid groups (broad SMARTS) is 1. The average Bonchev–Trinajstić information content (AvgIpc) is 2.99. The molecule has 2 aromatic heterocycles. The average molecular weight is 390 g/mol. The van der Waals surface area contributed by atoms with E-state index in [-0.39, 0.29) is 17.5 Å². The van der Waals surface area contributed by atoms with Gasteiger partial charge in [-0.25, -0.2) is 19.6 Å². The molecule has 0 spiro atoms. The lowest BCUT2D eigenvalue weighted by molar-refractivity contribution is -0.192. The van der Waals surface area contributed by atoms with Gasteiger partial charge in [-0.2, -0.15) is 13.2 Å². The van der Waals surface area contributed by atoms with E-state index in [1.54, 1.807) is 11.9 Å². The molecular formula is C13H13F3N6O5. The molecule has 3 heterocycles. The van der Waals surface area contributed by atoms with Crippen molar-refractivity contribution in [2.75, 3.05) is 25.5 Å². The van der Waals surface area contributed by atoms with Gasteiger partial charge < -0.3 is 15.3 Å². The van der Waals surface area contributed by atoms with Gasteiger partial charge >= 0.3 is 17.9 Å². The van der Waals surface area contributed by atoms with E-state index >= 15 is 0 Å². The van der Waals surface area contributed by atoms with Crippen LogP contribution in [0, 0.1) is 0 Å². The molecule has 1 fully saturated rings. The number of anilines is 1. The second-order valence-electron chi connectivity index (χ2n) is 5.23. The molecule has 3 rings (SSSR count). The van der Waals surface area contributed by atoms with Crippen LogP contribution in [0.4, 0.5) is 19.0 Å². The molecule has 146 valence electrons. The Kier molecular flexibility index (Phi) is 5.77. The van der Waals surface area contributed by atoms with Gasteiger partial charge in [0.25, 0.3) is 5.91 Å². The monoisotopic (exact) mass is 390 g/mol. The summed E-state index contributed by atoms with van der Waals surface area (Å²) in [5.41, 5.74) is 0.288. The van der Waals surface area contributed by atoms with Crippen molar-refractivity contribution < 1.29 is 32.4 Å². The maximum absolute atomic E-state index is 12.1. The molecule has 0 bridgehead atoms. The second kappa shape index (κ2) is 7.84. The summed E-state index contributed by atoms with van der Waals surface area (Å²) in [6, 6.07) is 0. The Labute approximate surface area is 148 Å². The van der Waals surface area contributed by atoms with E-state index in [1.165, 1.54) is 12.4 Å². The van der Waals surface area contributed by atoms with Gasteiger partial charge in [0, 0.05) is 20.1 Å². The molecule has 1 aliphatic rings. The fourth-order valence-electron chi connectivity index (χ4n) is 1.96. The smallest absolute Gasteiger partial charge is 0.475 e. The van der Waals surface area contributed by atoms with Gasteiger partial charge in [-0.15, -0.1) is 0 Å². The van der Waals surface area contributed by atoms with Crippen LogP contribution in [0.15, 0.2) is 21.7 Å². The first kappa shape index (κ1) is 19.9. The van der Waals surface area contributed by atoms with Crippen LogP contribution in [-0.4, -0.2) is 68.3 Å². The summed E-state index contributed by atoms with van der Waals surface area (Å²) in [5, 5.41) is 13.6. The summed E-state index contributed by atoms with van der Waals surface area (Å²) < 4.78 is 36.2. The largest absolute Gasteiger partial charge is 0.490 e. The molecule has 1 amide bonds. The van der Waals surface area contributed by atoms with Crippen LogP contribution >= 0.6 is 0 Å². The van der Waals surface area contributed by atoms with E-state index in [0.29, 0.717) is 24.7 Å². The predicted molar refractivity (Wildman–Crippen MR) is 81.0 cm³/mol. The van der Waals surface area contributed by atoms with E-state index in [4.69, 9.17) is 9.90 Å². The third kappa shape index (κ3) is 5.02. The maximum atomic E-state index is 12.1. The Bertz CT molecular complexity index is 856. The number of hydrogen-bond acceptors (Lipinski definition) is 8. The second-order valence-corrected chi connectivity index (χ2v) is 5.23. The highest BCUT2D eigenvalue weighted by Crippen LogP contribution is 2.24. The first-order chi connectivity index (χ1) is 12.6. The van der Waals surface area contributed by atoms with E-state index < -0.39 is 17.9 Å². The van der Waals surface area contributed by atoms with Crippen molar-refractivity contribution in [3.63, 3.8) is 0 Å². The zero-order valence-corrected chi connectivity index (χ0v) is 13.6. The van der Waals surface area contributed by atoms with E-state index in [9.17, 15) is 22.8 Å². The fourth-order valence-corrected chi connectivity index (χ4v) is 1.96. The summed E-state index contributed by atoms with van der Waals surface area (Å²) in [7, 11) is 1.73. The molecule has 27 heavy (non-hydrogen) atoms. The fraction of sp³-hybridized carbons (Fsp3) is 0.385. The lowest BCUT2D eigenvalue weighted by Crippen LogP contribution is -2.49. The van der Waals surface area contributed by atoms with Crippen LogP contribution in [0.25, 0.3) is 0 Å². The van der Waals surface area contributed by atoms with Crippen LogP contribution < -0.4 is 11.1 Å². The molecular weight excluding hydrogens is 377 g/mol. The highest BCUT2D eigenvalue weighted by Gasteiger charge is 2.38. The topological polar surface area (TPSA) is 154 Å². The number of nitrogens with zero attached hydrogens (tertiary/aromatic N) is 4. The quantitative estimate of drug-likeness (QED) is 0.660. The van der Waals surface area contributed by atoms with Crippen molar-refractivity contribution >= 4 is 17.7 Å².